The summed E-state index contributed by atoms with van der Waals surface area (Å²) in [6.07, 6.45) is -0.202. The molecule has 1 atom stereocenters. The van der Waals surface area contributed by atoms with Gasteiger partial charge in [-0.2, -0.15) is 13.2 Å². The van der Waals surface area contributed by atoms with Crippen molar-refractivity contribution in [3.8, 4) is 22.6 Å². The Labute approximate surface area is 282 Å². The Morgan fingerprint density at radius 2 is 1.31 bits per heavy atom. The first-order valence-corrected chi connectivity index (χ1v) is 16.4. The van der Waals surface area contributed by atoms with Crippen LogP contribution >= 0.6 is 0 Å². The lowest BCUT2D eigenvalue weighted by molar-refractivity contribution is -0.137. The minimum Gasteiger partial charge on any atom is -0.497 e. The molecule has 49 heavy (non-hydrogen) atoms. The van der Waals surface area contributed by atoms with Crippen LogP contribution in [0.2, 0.25) is 0 Å². The summed E-state index contributed by atoms with van der Waals surface area (Å²) in [6.45, 7) is 4.03. The monoisotopic (exact) mass is 648 g/mol. The number of rotatable bonds is 3. The number of methoxy groups -OCH3 is 1. The van der Waals surface area contributed by atoms with E-state index in [0.717, 1.165) is 71.4 Å². The summed E-state index contributed by atoms with van der Waals surface area (Å²) >= 11 is 0. The number of halogens is 3. The summed E-state index contributed by atoms with van der Waals surface area (Å²) in [5.41, 5.74) is 3.84. The number of hydrogen-bond donors (Lipinski definition) is 0. The summed E-state index contributed by atoms with van der Waals surface area (Å²) in [5, 5.41) is 6.44. The van der Waals surface area contributed by atoms with Crippen molar-refractivity contribution in [1.82, 2.24) is 0 Å². The molecule has 0 spiro atoms. The molecule has 0 fully saturated rings. The fraction of sp³-hybridized carbons (Fsp3) is 0.136. The van der Waals surface area contributed by atoms with Crippen LogP contribution in [0, 0.1) is 0 Å². The quantitative estimate of drug-likeness (QED) is 0.178. The van der Waals surface area contributed by atoms with Gasteiger partial charge in [-0.1, -0.05) is 111 Å². The van der Waals surface area contributed by atoms with E-state index in [-0.39, 0.29) is 0 Å². The zero-order valence-corrected chi connectivity index (χ0v) is 27.2. The Balaban J connectivity index is 1.32. The summed E-state index contributed by atoms with van der Waals surface area (Å²) in [7, 11) is 1.65. The average Bonchev–Trinajstić information content (AvgIpc) is 3.37. The Morgan fingerprint density at radius 1 is 0.653 bits per heavy atom. The molecule has 1 heterocycles. The lowest BCUT2D eigenvalue weighted by Gasteiger charge is -2.38. The molecule has 1 aliphatic carbocycles. The van der Waals surface area contributed by atoms with E-state index in [1.165, 1.54) is 12.1 Å². The van der Waals surface area contributed by atoms with Crippen molar-refractivity contribution in [2.75, 3.05) is 7.11 Å². The summed E-state index contributed by atoms with van der Waals surface area (Å²) in [6, 6.07) is 39.4. The van der Waals surface area contributed by atoms with Gasteiger partial charge in [0.2, 0.25) is 0 Å². The average molecular weight is 649 g/mol. The van der Waals surface area contributed by atoms with Crippen LogP contribution in [-0.2, 0) is 17.2 Å². The maximum atomic E-state index is 14.0. The molecule has 0 saturated carbocycles. The van der Waals surface area contributed by atoms with Crippen molar-refractivity contribution < 1.29 is 22.6 Å². The topological polar surface area (TPSA) is 18.5 Å². The second-order valence-electron chi connectivity index (χ2n) is 13.5. The van der Waals surface area contributed by atoms with E-state index in [9.17, 15) is 13.2 Å². The molecule has 0 saturated heterocycles. The molecule has 5 heteroatoms. The SMILES string of the molecule is COc1ccc(C2(c3ccc4ccc5ccccc5c4c3)C=Cc3c4c(c5ccccc5c3O2)-c2ccc(C(F)(F)F)cc2C4(C)C)cc1. The maximum Gasteiger partial charge on any atom is 0.416 e. The molecular formula is C44H31F3O2. The Hall–Kier alpha value is -5.55. The predicted octanol–water partition coefficient (Wildman–Crippen LogP) is 11.8. The van der Waals surface area contributed by atoms with Crippen LogP contribution in [-0.4, -0.2) is 7.11 Å². The third kappa shape index (κ3) is 4.21. The number of fused-ring (bicyclic) bond motifs is 11. The molecule has 2 aliphatic rings. The van der Waals surface area contributed by atoms with Crippen LogP contribution in [0.5, 0.6) is 11.5 Å². The number of alkyl halides is 3. The lowest BCUT2D eigenvalue weighted by atomic mass is 9.76. The molecule has 9 rings (SSSR count). The Morgan fingerprint density at radius 3 is 2.04 bits per heavy atom. The number of benzene rings is 7. The lowest BCUT2D eigenvalue weighted by Crippen LogP contribution is -2.35. The van der Waals surface area contributed by atoms with Gasteiger partial charge in [0.25, 0.3) is 0 Å². The fourth-order valence-corrected chi connectivity index (χ4v) is 8.16. The van der Waals surface area contributed by atoms with E-state index < -0.39 is 22.8 Å². The van der Waals surface area contributed by atoms with Gasteiger partial charge in [-0.15, -0.1) is 0 Å². The number of ether oxygens (including phenoxy) is 2. The first kappa shape index (κ1) is 29.6. The van der Waals surface area contributed by atoms with Crippen LogP contribution in [0.1, 0.15) is 47.2 Å². The smallest absolute Gasteiger partial charge is 0.416 e. The van der Waals surface area contributed by atoms with E-state index in [4.69, 9.17) is 9.47 Å². The third-order valence-corrected chi connectivity index (χ3v) is 10.6. The molecule has 7 aromatic rings. The summed E-state index contributed by atoms with van der Waals surface area (Å²) in [4.78, 5) is 0. The molecule has 0 bridgehead atoms. The van der Waals surface area contributed by atoms with Crippen LogP contribution < -0.4 is 9.47 Å². The van der Waals surface area contributed by atoms with E-state index in [0.29, 0.717) is 11.3 Å². The van der Waals surface area contributed by atoms with E-state index >= 15 is 0 Å². The van der Waals surface area contributed by atoms with Crippen molar-refractivity contribution in [1.29, 1.82) is 0 Å². The van der Waals surface area contributed by atoms with Gasteiger partial charge in [-0.25, -0.2) is 0 Å². The van der Waals surface area contributed by atoms with Crippen LogP contribution in [0.15, 0.2) is 127 Å². The van der Waals surface area contributed by atoms with Crippen LogP contribution in [0.3, 0.4) is 0 Å². The van der Waals surface area contributed by atoms with Crippen LogP contribution in [0.25, 0.3) is 49.5 Å². The first-order chi connectivity index (χ1) is 23.6. The Bertz CT molecular complexity index is 2520. The highest BCUT2D eigenvalue weighted by atomic mass is 19.4. The first-order valence-electron chi connectivity index (χ1n) is 16.4. The third-order valence-electron chi connectivity index (χ3n) is 10.6. The zero-order valence-electron chi connectivity index (χ0n) is 27.2. The standard InChI is InChI=1S/C44H31F3O2/c1-42(2)38-25-30(44(45,46)47)18-21-35(38)39-33-10-6-7-11-34(33)41-36(40(39)42)22-23-43(49-41,28-16-19-31(48-3)20-17-28)29-15-14-27-13-12-26-8-4-5-9-32(26)37(27)24-29/h4-25H,1-3H3. The fourth-order valence-electron chi connectivity index (χ4n) is 8.16. The molecule has 1 aliphatic heterocycles. The highest BCUT2D eigenvalue weighted by Crippen LogP contribution is 2.58. The molecule has 0 amide bonds. The van der Waals surface area contributed by atoms with Crippen molar-refractivity contribution >= 4 is 38.4 Å². The van der Waals surface area contributed by atoms with Gasteiger partial charge in [0.05, 0.1) is 12.7 Å². The largest absolute Gasteiger partial charge is 0.497 e. The summed E-state index contributed by atoms with van der Waals surface area (Å²) < 4.78 is 54.8. The highest BCUT2D eigenvalue weighted by molar-refractivity contribution is 6.09. The molecule has 7 aromatic carbocycles. The van der Waals surface area contributed by atoms with Crippen molar-refractivity contribution in [2.24, 2.45) is 0 Å². The molecular weight excluding hydrogens is 617 g/mol. The second kappa shape index (κ2) is 10.2. The second-order valence-corrected chi connectivity index (χ2v) is 13.5. The van der Waals surface area contributed by atoms with Gasteiger partial charge >= 0.3 is 6.18 Å². The predicted molar refractivity (Wildman–Crippen MR) is 191 cm³/mol. The molecule has 1 unspecified atom stereocenters. The van der Waals surface area contributed by atoms with E-state index in [1.807, 2.05) is 56.3 Å². The minimum atomic E-state index is -4.44. The van der Waals surface area contributed by atoms with Gasteiger partial charge in [0.15, 0.2) is 5.60 Å². The van der Waals surface area contributed by atoms with Crippen LogP contribution in [0.4, 0.5) is 13.2 Å². The molecule has 0 aromatic heterocycles. The van der Waals surface area contributed by atoms with Gasteiger partial charge in [0.1, 0.15) is 11.5 Å². The molecule has 2 nitrogen and oxygen atoms in total. The van der Waals surface area contributed by atoms with E-state index in [1.54, 1.807) is 13.2 Å². The van der Waals surface area contributed by atoms with Gasteiger partial charge < -0.3 is 9.47 Å². The van der Waals surface area contributed by atoms with Gasteiger partial charge in [-0.3, -0.25) is 0 Å². The van der Waals surface area contributed by atoms with Gasteiger partial charge in [0, 0.05) is 27.5 Å². The Kier molecular flexibility index (Phi) is 6.17. The summed E-state index contributed by atoms with van der Waals surface area (Å²) in [5.74, 6) is 1.45. The van der Waals surface area contributed by atoms with Crippen molar-refractivity contribution in [3.05, 3.63) is 161 Å². The molecule has 0 radical (unpaired) electrons. The number of hydrogen-bond acceptors (Lipinski definition) is 2. The molecule has 0 N–H and O–H groups in total. The normalized spacial score (nSPS) is 17.5. The zero-order chi connectivity index (χ0) is 33.7. The highest BCUT2D eigenvalue weighted by Gasteiger charge is 2.45. The maximum absolute atomic E-state index is 14.0. The van der Waals surface area contributed by atoms with Crippen molar-refractivity contribution in [3.63, 3.8) is 0 Å². The van der Waals surface area contributed by atoms with Crippen molar-refractivity contribution in [2.45, 2.75) is 31.0 Å². The molecule has 240 valence electrons. The minimum absolute atomic E-state index is 0.639. The van der Waals surface area contributed by atoms with Gasteiger partial charge in [-0.05, 0) is 85.6 Å². The van der Waals surface area contributed by atoms with E-state index in [2.05, 4.69) is 72.8 Å².